The second-order valence-corrected chi connectivity index (χ2v) is 8.31. The van der Waals surface area contributed by atoms with E-state index in [-0.39, 0.29) is 24.2 Å². The van der Waals surface area contributed by atoms with Gasteiger partial charge in [-0.15, -0.1) is 0 Å². The number of fused-ring (bicyclic) bond motifs is 4. The lowest BCUT2D eigenvalue weighted by molar-refractivity contribution is -0.137. The maximum atomic E-state index is 14.1. The van der Waals surface area contributed by atoms with Crippen LogP contribution >= 0.6 is 11.6 Å². The van der Waals surface area contributed by atoms with E-state index in [0.29, 0.717) is 29.2 Å². The SMILES string of the molecule is CN1C(=O)C2(N=C1N)c1cc(-c3cncc(Cl)c3)ccc1OC1CC(F)CCC12. The lowest BCUT2D eigenvalue weighted by atomic mass is 9.67. The lowest BCUT2D eigenvalue weighted by Gasteiger charge is -2.46. The second kappa shape index (κ2) is 6.42. The molecule has 29 heavy (non-hydrogen) atoms. The number of hydrogen-bond acceptors (Lipinski definition) is 5. The minimum Gasteiger partial charge on any atom is -0.490 e. The summed E-state index contributed by atoms with van der Waals surface area (Å²) in [6.45, 7) is 0. The van der Waals surface area contributed by atoms with Crippen molar-refractivity contribution < 1.29 is 13.9 Å². The number of nitrogens with two attached hydrogens (primary N) is 1. The first-order chi connectivity index (χ1) is 13.9. The summed E-state index contributed by atoms with van der Waals surface area (Å²) in [5.74, 6) is 0.233. The number of benzene rings is 1. The largest absolute Gasteiger partial charge is 0.490 e. The van der Waals surface area contributed by atoms with Crippen molar-refractivity contribution in [3.05, 3.63) is 47.2 Å². The van der Waals surface area contributed by atoms with Gasteiger partial charge in [-0.2, -0.15) is 0 Å². The Hall–Kier alpha value is -2.67. The third kappa shape index (κ3) is 2.64. The van der Waals surface area contributed by atoms with Crippen molar-refractivity contribution >= 4 is 23.5 Å². The van der Waals surface area contributed by atoms with E-state index in [4.69, 9.17) is 22.1 Å². The average molecular weight is 415 g/mol. The lowest BCUT2D eigenvalue weighted by Crippen LogP contribution is -2.54. The van der Waals surface area contributed by atoms with Gasteiger partial charge < -0.3 is 10.5 Å². The molecule has 0 bridgehead atoms. The second-order valence-electron chi connectivity index (χ2n) is 7.88. The number of carbonyl (C=O) groups is 1. The van der Waals surface area contributed by atoms with Crippen LogP contribution in [0.3, 0.4) is 0 Å². The molecule has 2 aromatic rings. The predicted molar refractivity (Wildman–Crippen MR) is 107 cm³/mol. The predicted octanol–water partition coefficient (Wildman–Crippen LogP) is 3.28. The standard InChI is InChI=1S/C21H20ClFN4O2/c1-27-19(28)21(26-20(27)24)15-4-3-14(23)8-18(15)29-17-5-2-11(7-16(17)21)12-6-13(22)10-25-9-12/h2,5-7,9-10,14-15,18H,3-4,8H2,1H3,(H2,24,26). The first kappa shape index (κ1) is 18.4. The van der Waals surface area contributed by atoms with E-state index in [9.17, 15) is 9.18 Å². The molecule has 1 spiro atoms. The van der Waals surface area contributed by atoms with E-state index in [1.165, 1.54) is 4.90 Å². The number of aromatic nitrogens is 1. The Labute approximate surface area is 172 Å². The number of aliphatic imine (C=N–C) groups is 1. The number of rotatable bonds is 1. The molecule has 0 saturated heterocycles. The average Bonchev–Trinajstić information content (AvgIpc) is 2.92. The van der Waals surface area contributed by atoms with Gasteiger partial charge >= 0.3 is 0 Å². The van der Waals surface area contributed by atoms with E-state index in [1.54, 1.807) is 19.4 Å². The topological polar surface area (TPSA) is 80.8 Å². The number of nitrogens with zero attached hydrogens (tertiary/aromatic N) is 3. The summed E-state index contributed by atoms with van der Waals surface area (Å²) in [5.41, 5.74) is 7.19. The third-order valence-electron chi connectivity index (χ3n) is 6.24. The van der Waals surface area contributed by atoms with Crippen molar-refractivity contribution in [2.75, 3.05) is 7.05 Å². The Kier molecular flexibility index (Phi) is 4.07. The van der Waals surface area contributed by atoms with Crippen LogP contribution in [0.5, 0.6) is 5.75 Å². The van der Waals surface area contributed by atoms with E-state index in [0.717, 1.165) is 11.1 Å². The van der Waals surface area contributed by atoms with Crippen molar-refractivity contribution in [2.24, 2.45) is 16.6 Å². The van der Waals surface area contributed by atoms with Crippen LogP contribution in [0.25, 0.3) is 11.1 Å². The highest BCUT2D eigenvalue weighted by molar-refractivity contribution is 6.30. The quantitative estimate of drug-likeness (QED) is 0.776. The van der Waals surface area contributed by atoms with Crippen molar-refractivity contribution in [1.82, 2.24) is 9.88 Å². The van der Waals surface area contributed by atoms with Crippen molar-refractivity contribution in [3.8, 4) is 16.9 Å². The molecule has 1 aromatic heterocycles. The molecule has 1 saturated carbocycles. The molecule has 1 fully saturated rings. The van der Waals surface area contributed by atoms with Crippen LogP contribution in [0.1, 0.15) is 24.8 Å². The van der Waals surface area contributed by atoms with Gasteiger partial charge in [0.1, 0.15) is 18.0 Å². The van der Waals surface area contributed by atoms with E-state index in [2.05, 4.69) is 9.98 Å². The minimum absolute atomic E-state index is 0.166. The number of carbonyl (C=O) groups excluding carboxylic acids is 1. The Morgan fingerprint density at radius 2 is 2.10 bits per heavy atom. The Morgan fingerprint density at radius 3 is 2.83 bits per heavy atom. The van der Waals surface area contributed by atoms with Crippen molar-refractivity contribution in [3.63, 3.8) is 0 Å². The fourth-order valence-electron chi connectivity index (χ4n) is 4.81. The van der Waals surface area contributed by atoms with Gasteiger partial charge in [-0.3, -0.25) is 14.7 Å². The Bertz CT molecular complexity index is 1050. The van der Waals surface area contributed by atoms with Crippen LogP contribution in [0.2, 0.25) is 5.02 Å². The molecular weight excluding hydrogens is 395 g/mol. The van der Waals surface area contributed by atoms with Gasteiger partial charge in [0.15, 0.2) is 11.5 Å². The van der Waals surface area contributed by atoms with Crippen molar-refractivity contribution in [1.29, 1.82) is 0 Å². The van der Waals surface area contributed by atoms with Crippen LogP contribution in [-0.4, -0.2) is 41.1 Å². The Morgan fingerprint density at radius 1 is 1.28 bits per heavy atom. The van der Waals surface area contributed by atoms with Crippen LogP contribution in [0.4, 0.5) is 4.39 Å². The van der Waals surface area contributed by atoms with Gasteiger partial charge in [0.2, 0.25) is 0 Å². The smallest absolute Gasteiger partial charge is 0.262 e. The number of guanidine groups is 1. The molecule has 1 aliphatic carbocycles. The normalized spacial score (nSPS) is 30.6. The summed E-state index contributed by atoms with van der Waals surface area (Å²) in [6.07, 6.45) is 3.05. The molecule has 0 radical (unpaired) electrons. The maximum absolute atomic E-state index is 14.1. The highest BCUT2D eigenvalue weighted by atomic mass is 35.5. The summed E-state index contributed by atoms with van der Waals surface area (Å²) >= 11 is 6.10. The fraction of sp³-hybridized carbons (Fsp3) is 0.381. The van der Waals surface area contributed by atoms with Gasteiger partial charge in [0.05, 0.1) is 5.02 Å². The molecule has 2 N–H and O–H groups in total. The molecule has 3 heterocycles. The molecule has 4 atom stereocenters. The molecule has 2 aliphatic heterocycles. The monoisotopic (exact) mass is 414 g/mol. The number of amides is 1. The summed E-state index contributed by atoms with van der Waals surface area (Å²) in [5, 5.41) is 0.520. The zero-order valence-electron chi connectivity index (χ0n) is 15.8. The van der Waals surface area contributed by atoms with Crippen LogP contribution in [0, 0.1) is 5.92 Å². The number of halogens is 2. The van der Waals surface area contributed by atoms with Gasteiger partial charge in [0.25, 0.3) is 5.91 Å². The minimum atomic E-state index is -1.20. The highest BCUT2D eigenvalue weighted by Crippen LogP contribution is 2.54. The van der Waals surface area contributed by atoms with E-state index in [1.807, 2.05) is 24.3 Å². The summed E-state index contributed by atoms with van der Waals surface area (Å²) in [6, 6.07) is 7.40. The molecule has 8 heteroatoms. The first-order valence-electron chi connectivity index (χ1n) is 9.60. The van der Waals surface area contributed by atoms with Crippen LogP contribution < -0.4 is 10.5 Å². The number of hydrogen-bond donors (Lipinski definition) is 1. The van der Waals surface area contributed by atoms with E-state index < -0.39 is 17.8 Å². The van der Waals surface area contributed by atoms with Gasteiger partial charge in [-0.25, -0.2) is 9.38 Å². The number of likely N-dealkylation sites (N-methyl/N-ethyl adjacent to an activating group) is 1. The van der Waals surface area contributed by atoms with E-state index >= 15 is 0 Å². The molecule has 5 rings (SSSR count). The molecule has 150 valence electrons. The number of pyridine rings is 1. The zero-order valence-corrected chi connectivity index (χ0v) is 16.6. The highest BCUT2D eigenvalue weighted by Gasteiger charge is 2.60. The van der Waals surface area contributed by atoms with Gasteiger partial charge in [-0.1, -0.05) is 17.7 Å². The Balaban J connectivity index is 1.71. The third-order valence-corrected chi connectivity index (χ3v) is 6.44. The summed E-state index contributed by atoms with van der Waals surface area (Å²) < 4.78 is 20.3. The molecule has 1 aromatic carbocycles. The summed E-state index contributed by atoms with van der Waals surface area (Å²) in [4.78, 5) is 23.6. The first-order valence-corrected chi connectivity index (χ1v) is 9.97. The van der Waals surface area contributed by atoms with Gasteiger partial charge in [0, 0.05) is 42.9 Å². The van der Waals surface area contributed by atoms with Crippen LogP contribution in [-0.2, 0) is 10.3 Å². The molecule has 4 unspecified atom stereocenters. The molecular formula is C21H20ClFN4O2. The van der Waals surface area contributed by atoms with Crippen LogP contribution in [0.15, 0.2) is 41.7 Å². The molecule has 1 amide bonds. The number of ether oxygens (including phenoxy) is 1. The van der Waals surface area contributed by atoms with Crippen molar-refractivity contribution in [2.45, 2.75) is 37.1 Å². The fourth-order valence-corrected chi connectivity index (χ4v) is 4.99. The number of alkyl halides is 1. The van der Waals surface area contributed by atoms with Gasteiger partial charge in [-0.05, 0) is 36.6 Å². The molecule has 6 nitrogen and oxygen atoms in total. The zero-order chi connectivity index (χ0) is 20.3. The maximum Gasteiger partial charge on any atom is 0.262 e. The molecule has 3 aliphatic rings. The summed E-state index contributed by atoms with van der Waals surface area (Å²) in [7, 11) is 1.62.